The molecule has 2 heteroatoms. The molecule has 0 radical (unpaired) electrons. The summed E-state index contributed by atoms with van der Waals surface area (Å²) < 4.78 is 9.88. The van der Waals surface area contributed by atoms with E-state index in [0.29, 0.717) is 0 Å². The number of hydrogen-bond donors (Lipinski definition) is 0. The summed E-state index contributed by atoms with van der Waals surface area (Å²) in [6, 6.07) is 0. The van der Waals surface area contributed by atoms with Gasteiger partial charge in [-0.1, -0.05) is 0 Å². The molecule has 0 aliphatic rings. The van der Waals surface area contributed by atoms with Crippen LogP contribution in [0.5, 0.6) is 0 Å². The Morgan fingerprint density at radius 1 is 0.429 bits per heavy atom. The summed E-state index contributed by atoms with van der Waals surface area (Å²) in [5, 5.41) is 0. The van der Waals surface area contributed by atoms with Crippen molar-refractivity contribution in [2.45, 2.75) is 68.2 Å². The van der Waals surface area contributed by atoms with Crippen molar-refractivity contribution >= 4 is 28.9 Å². The van der Waals surface area contributed by atoms with Crippen LogP contribution in [0, 0.1) is 0 Å². The van der Waals surface area contributed by atoms with Crippen LogP contribution in [0.15, 0.2) is 0 Å². The third kappa shape index (κ3) is 2.64. The zero-order valence-corrected chi connectivity index (χ0v) is 17.0. The molecule has 0 saturated carbocycles. The van der Waals surface area contributed by atoms with E-state index in [2.05, 4.69) is 41.5 Å². The minimum atomic E-state index is -1.60. The first-order chi connectivity index (χ1) is 6.61. The Labute approximate surface area is 96.1 Å². The van der Waals surface area contributed by atoms with Gasteiger partial charge in [-0.25, -0.2) is 0 Å². The van der Waals surface area contributed by atoms with Crippen molar-refractivity contribution in [3.63, 3.8) is 0 Å². The number of hydrogen-bond acceptors (Lipinski definition) is 0. The van der Waals surface area contributed by atoms with E-state index in [9.17, 15) is 0 Å². The van der Waals surface area contributed by atoms with Crippen LogP contribution in [-0.4, -0.2) is 28.9 Å². The Bertz CT molecular complexity index is 112. The molecule has 0 fully saturated rings. The molecule has 86 valence electrons. The molecule has 0 aromatic rings. The van der Waals surface area contributed by atoms with Crippen LogP contribution in [-0.2, 0) is 0 Å². The quantitative estimate of drug-likeness (QED) is 0.512. The molecule has 0 spiro atoms. The Balaban J connectivity index is 5.08. The normalized spacial score (nSPS) is 13.3. The van der Waals surface area contributed by atoms with E-state index in [1.807, 2.05) is 0 Å². The van der Waals surface area contributed by atoms with Crippen molar-refractivity contribution in [3.8, 4) is 0 Å². The fourth-order valence-corrected chi connectivity index (χ4v) is 111. The molecule has 0 bridgehead atoms. The molecule has 0 saturated heterocycles. The van der Waals surface area contributed by atoms with Crippen molar-refractivity contribution in [3.05, 3.63) is 0 Å². The van der Waals surface area contributed by atoms with Crippen molar-refractivity contribution in [2.75, 3.05) is 0 Å². The molecule has 0 unspecified atom stereocenters. The molecule has 0 N–H and O–H groups in total. The molecule has 0 aliphatic carbocycles. The van der Waals surface area contributed by atoms with Crippen LogP contribution in [0.25, 0.3) is 0 Å². The van der Waals surface area contributed by atoms with Gasteiger partial charge in [0.1, 0.15) is 0 Å². The van der Waals surface area contributed by atoms with Crippen LogP contribution in [0.4, 0.5) is 0 Å². The molecule has 0 heterocycles. The molecule has 0 atom stereocenters. The van der Waals surface area contributed by atoms with Crippen molar-refractivity contribution < 1.29 is 0 Å². The second kappa shape index (κ2) is 7.03. The first-order valence-electron chi connectivity index (χ1n) is 6.61. The van der Waals surface area contributed by atoms with Crippen LogP contribution >= 0.6 is 0 Å². The predicted molar refractivity (Wildman–Crippen MR) is 74.4 cm³/mol. The van der Waals surface area contributed by atoms with Gasteiger partial charge in [0.15, 0.2) is 0 Å². The van der Waals surface area contributed by atoms with Crippen LogP contribution < -0.4 is 0 Å². The molecule has 0 nitrogen and oxygen atoms in total. The Hall–Kier alpha value is 1.60. The average molecular weight is 412 g/mol. The Kier molecular flexibility index (Phi) is 7.83. The van der Waals surface area contributed by atoms with Gasteiger partial charge in [0, 0.05) is 0 Å². The summed E-state index contributed by atoms with van der Waals surface area (Å²) in [5.74, 6) is 0. The Morgan fingerprint density at radius 3 is 0.643 bits per heavy atom. The minimum absolute atomic E-state index is 1.60. The summed E-state index contributed by atoms with van der Waals surface area (Å²) in [5.41, 5.74) is 0. The first-order valence-corrected chi connectivity index (χ1v) is 29.7. The molecular weight excluding hydrogens is 382 g/mol. The van der Waals surface area contributed by atoms with E-state index < -0.39 is 28.9 Å². The zero-order chi connectivity index (χ0) is 11.2. The standard InChI is InChI=1S/6C2H5.2Sn/c6*1-2;;/h6*1H2,2H3;;. The van der Waals surface area contributed by atoms with Crippen molar-refractivity contribution in [2.24, 2.45) is 0 Å². The van der Waals surface area contributed by atoms with Gasteiger partial charge >= 0.3 is 97.0 Å². The molecule has 0 aromatic carbocycles. The molecule has 0 aliphatic heterocycles. The Morgan fingerprint density at radius 2 is 0.571 bits per heavy atom. The fraction of sp³-hybridized carbons (Fsp3) is 1.00. The zero-order valence-electron chi connectivity index (χ0n) is 11.2. The second-order valence-corrected chi connectivity index (χ2v) is 72.0. The van der Waals surface area contributed by atoms with E-state index in [-0.39, 0.29) is 0 Å². The third-order valence-corrected chi connectivity index (χ3v) is 118. The van der Waals surface area contributed by atoms with Gasteiger partial charge in [-0.2, -0.15) is 0 Å². The monoisotopic (exact) mass is 414 g/mol. The van der Waals surface area contributed by atoms with Crippen molar-refractivity contribution in [1.29, 1.82) is 0 Å². The topological polar surface area (TPSA) is 0 Å². The molecule has 14 heavy (non-hydrogen) atoms. The summed E-state index contributed by atoms with van der Waals surface area (Å²) in [6.07, 6.45) is 0. The van der Waals surface area contributed by atoms with Crippen LogP contribution in [0.3, 0.4) is 0 Å². The average Bonchev–Trinajstić information content (AvgIpc) is 2.27. The van der Waals surface area contributed by atoms with Gasteiger partial charge < -0.3 is 0 Å². The van der Waals surface area contributed by atoms with Gasteiger partial charge in [-0.05, 0) is 0 Å². The maximum absolute atomic E-state index is 2.52. The van der Waals surface area contributed by atoms with E-state index in [1.165, 1.54) is 0 Å². The maximum atomic E-state index is 2.52. The molecule has 0 amide bonds. The third-order valence-electron chi connectivity index (χ3n) is 5.19. The van der Waals surface area contributed by atoms with Gasteiger partial charge in [0.25, 0.3) is 0 Å². The van der Waals surface area contributed by atoms with Gasteiger partial charge in [-0.15, -0.1) is 0 Å². The second-order valence-electron chi connectivity index (χ2n) is 4.68. The van der Waals surface area contributed by atoms with Gasteiger partial charge in [-0.3, -0.25) is 0 Å². The van der Waals surface area contributed by atoms with E-state index in [0.717, 1.165) is 0 Å². The van der Waals surface area contributed by atoms with Gasteiger partial charge in [0.05, 0.1) is 0 Å². The SMILES string of the molecule is C[CH2][Sn]([CH2]C)([CH2]C)[Sn]([CH2]C)([CH2]C)[CH2]C. The summed E-state index contributed by atoms with van der Waals surface area (Å²) >= 11 is -3.20. The first kappa shape index (κ1) is 15.6. The van der Waals surface area contributed by atoms with E-state index in [1.54, 1.807) is 26.6 Å². The summed E-state index contributed by atoms with van der Waals surface area (Å²) in [7, 11) is 0. The predicted octanol–water partition coefficient (Wildman–Crippen LogP) is 5.08. The molecule has 0 aromatic heterocycles. The van der Waals surface area contributed by atoms with Crippen LogP contribution in [0.2, 0.25) is 26.6 Å². The summed E-state index contributed by atoms with van der Waals surface area (Å²) in [6.45, 7) is 15.1. The van der Waals surface area contributed by atoms with Gasteiger partial charge in [0.2, 0.25) is 0 Å². The number of rotatable bonds is 7. The molecular formula is C12H30Sn2. The van der Waals surface area contributed by atoms with E-state index >= 15 is 0 Å². The fourth-order valence-electron chi connectivity index (χ4n) is 3.75. The van der Waals surface area contributed by atoms with Crippen LogP contribution in [0.1, 0.15) is 41.5 Å². The molecule has 0 rings (SSSR count). The van der Waals surface area contributed by atoms with E-state index in [4.69, 9.17) is 0 Å². The van der Waals surface area contributed by atoms with Crippen molar-refractivity contribution in [1.82, 2.24) is 0 Å². The summed E-state index contributed by atoms with van der Waals surface area (Å²) in [4.78, 5) is 0.